The van der Waals surface area contributed by atoms with E-state index in [2.05, 4.69) is 0 Å². The normalized spacial score (nSPS) is 13.3. The summed E-state index contributed by atoms with van der Waals surface area (Å²) in [5, 5.41) is 1.98. The fraction of sp³-hybridized carbons (Fsp3) is 0. The number of hydrogen-bond donors (Lipinski definition) is 1. The lowest BCUT2D eigenvalue weighted by Gasteiger charge is -1.93. The molecule has 80 valence electrons. The van der Waals surface area contributed by atoms with Crippen molar-refractivity contribution in [2.45, 2.75) is 4.90 Å². The summed E-state index contributed by atoms with van der Waals surface area (Å²) in [6.45, 7) is 0. The molecule has 1 heterocycles. The van der Waals surface area contributed by atoms with Crippen LogP contribution in [0.25, 0.3) is 21.9 Å². The molecule has 0 amide bonds. The highest BCUT2D eigenvalue weighted by Crippen LogP contribution is 2.29. The predicted octanol–water partition coefficient (Wildman–Crippen LogP) is 3.17. The number of fused-ring (bicyclic) bond motifs is 3. The molecule has 0 bridgehead atoms. The molecule has 0 saturated carbocycles. The first-order valence-electron chi connectivity index (χ1n) is 4.78. The Hall–Kier alpha value is -1.65. The minimum absolute atomic E-state index is 0.353. The van der Waals surface area contributed by atoms with Crippen LogP contribution in [0.4, 0.5) is 0 Å². The third-order valence-electron chi connectivity index (χ3n) is 2.55. The van der Waals surface area contributed by atoms with Gasteiger partial charge in [0.05, 0.1) is 4.90 Å². The molecule has 0 saturated heterocycles. The van der Waals surface area contributed by atoms with E-state index in [-0.39, 0.29) is 0 Å². The van der Waals surface area contributed by atoms with Crippen molar-refractivity contribution in [3.8, 4) is 0 Å². The second kappa shape index (κ2) is 3.43. The fourth-order valence-corrected chi connectivity index (χ4v) is 2.21. The molecule has 2 aromatic carbocycles. The van der Waals surface area contributed by atoms with Crippen molar-refractivity contribution in [1.82, 2.24) is 0 Å². The van der Waals surface area contributed by atoms with E-state index in [1.54, 1.807) is 12.1 Å². The Labute approximate surface area is 94.0 Å². The van der Waals surface area contributed by atoms with Crippen LogP contribution in [0.3, 0.4) is 0 Å². The molecule has 0 aliphatic heterocycles. The fourth-order valence-electron chi connectivity index (χ4n) is 1.81. The molecule has 3 nitrogen and oxygen atoms in total. The summed E-state index contributed by atoms with van der Waals surface area (Å²) in [7, 11) is 0. The zero-order valence-corrected chi connectivity index (χ0v) is 9.03. The number of benzene rings is 2. The summed E-state index contributed by atoms with van der Waals surface area (Å²) in [5.74, 6) is 0. The first kappa shape index (κ1) is 9.57. The molecule has 0 aliphatic carbocycles. The smallest absolute Gasteiger partial charge is 0.186 e. The van der Waals surface area contributed by atoms with Crippen molar-refractivity contribution >= 4 is 33.0 Å². The molecule has 1 aromatic heterocycles. The van der Waals surface area contributed by atoms with Crippen molar-refractivity contribution in [3.05, 3.63) is 42.5 Å². The zero-order valence-electron chi connectivity index (χ0n) is 8.21. The third kappa shape index (κ3) is 1.35. The van der Waals surface area contributed by atoms with Crippen molar-refractivity contribution in [3.63, 3.8) is 0 Å². The van der Waals surface area contributed by atoms with Gasteiger partial charge in [0.1, 0.15) is 11.2 Å². The van der Waals surface area contributed by atoms with Crippen molar-refractivity contribution in [2.75, 3.05) is 0 Å². The molecule has 0 spiro atoms. The Morgan fingerprint density at radius 1 is 1.00 bits per heavy atom. The minimum atomic E-state index is -1.97. The molecule has 0 radical (unpaired) electrons. The Morgan fingerprint density at radius 3 is 2.56 bits per heavy atom. The largest absolute Gasteiger partial charge is 0.456 e. The highest BCUT2D eigenvalue weighted by atomic mass is 32.2. The summed E-state index contributed by atoms with van der Waals surface area (Å²) in [5.41, 5.74) is 1.43. The number of para-hydroxylation sites is 1. The van der Waals surface area contributed by atoms with Crippen molar-refractivity contribution in [1.29, 1.82) is 0 Å². The first-order valence-corrected chi connectivity index (χ1v) is 5.88. The molecule has 3 aromatic rings. The Balaban J connectivity index is 2.41. The SMILES string of the molecule is O=S(O)c1ccc2c(c1)oc1ccccc12. The maximum atomic E-state index is 10.9. The lowest BCUT2D eigenvalue weighted by Crippen LogP contribution is -1.86. The lowest BCUT2D eigenvalue weighted by molar-refractivity contribution is 0.564. The average Bonchev–Trinajstić information content (AvgIpc) is 2.66. The Kier molecular flexibility index (Phi) is 2.05. The van der Waals surface area contributed by atoms with Crippen LogP contribution < -0.4 is 0 Å². The average molecular weight is 232 g/mol. The van der Waals surface area contributed by atoms with Gasteiger partial charge >= 0.3 is 0 Å². The summed E-state index contributed by atoms with van der Waals surface area (Å²) < 4.78 is 25.5. The van der Waals surface area contributed by atoms with Crippen molar-refractivity contribution in [2.24, 2.45) is 0 Å². The maximum Gasteiger partial charge on any atom is 0.186 e. The highest BCUT2D eigenvalue weighted by molar-refractivity contribution is 7.79. The Bertz CT molecular complexity index is 700. The van der Waals surface area contributed by atoms with E-state index in [0.717, 1.165) is 16.4 Å². The van der Waals surface area contributed by atoms with Crippen molar-refractivity contribution < 1.29 is 13.2 Å². The van der Waals surface area contributed by atoms with E-state index < -0.39 is 11.1 Å². The quantitative estimate of drug-likeness (QED) is 0.655. The standard InChI is InChI=1S/C12H8O3S/c13-16(14)8-5-6-10-9-3-1-2-4-11(9)15-12(10)7-8/h1-7H,(H,13,14). The molecule has 16 heavy (non-hydrogen) atoms. The monoisotopic (exact) mass is 232 g/mol. The van der Waals surface area contributed by atoms with Crippen LogP contribution in [0.5, 0.6) is 0 Å². The molecular formula is C12H8O3S. The molecule has 1 unspecified atom stereocenters. The van der Waals surface area contributed by atoms with Crippen LogP contribution in [0.1, 0.15) is 0 Å². The van der Waals surface area contributed by atoms with E-state index in [1.165, 1.54) is 0 Å². The van der Waals surface area contributed by atoms with E-state index in [4.69, 9.17) is 8.97 Å². The van der Waals surface area contributed by atoms with E-state index in [1.807, 2.05) is 30.3 Å². The van der Waals surface area contributed by atoms with Crippen LogP contribution in [-0.4, -0.2) is 8.76 Å². The molecular weight excluding hydrogens is 224 g/mol. The minimum Gasteiger partial charge on any atom is -0.456 e. The molecule has 0 aliphatic rings. The van der Waals surface area contributed by atoms with E-state index >= 15 is 0 Å². The number of furan rings is 1. The lowest BCUT2D eigenvalue weighted by atomic mass is 10.2. The van der Waals surface area contributed by atoms with Gasteiger partial charge < -0.3 is 8.97 Å². The number of rotatable bonds is 1. The predicted molar refractivity (Wildman–Crippen MR) is 62.8 cm³/mol. The van der Waals surface area contributed by atoms with Gasteiger partial charge in [0.25, 0.3) is 0 Å². The maximum absolute atomic E-state index is 10.9. The molecule has 4 heteroatoms. The molecule has 0 fully saturated rings. The van der Waals surface area contributed by atoms with Gasteiger partial charge in [-0.3, -0.25) is 0 Å². The van der Waals surface area contributed by atoms with Gasteiger partial charge in [-0.05, 0) is 24.3 Å². The van der Waals surface area contributed by atoms with E-state index in [0.29, 0.717) is 10.5 Å². The van der Waals surface area contributed by atoms with E-state index in [9.17, 15) is 4.21 Å². The highest BCUT2D eigenvalue weighted by Gasteiger charge is 2.08. The summed E-state index contributed by atoms with van der Waals surface area (Å²) in [4.78, 5) is 0.353. The number of hydrogen-bond acceptors (Lipinski definition) is 2. The molecule has 1 atom stereocenters. The van der Waals surface area contributed by atoms with Crippen LogP contribution in [0.2, 0.25) is 0 Å². The topological polar surface area (TPSA) is 50.4 Å². The van der Waals surface area contributed by atoms with Gasteiger partial charge in [0, 0.05) is 10.8 Å². The Morgan fingerprint density at radius 2 is 1.75 bits per heavy atom. The summed E-state index contributed by atoms with van der Waals surface area (Å²) in [6, 6.07) is 12.7. The van der Waals surface area contributed by atoms with Crippen LogP contribution in [0, 0.1) is 0 Å². The van der Waals surface area contributed by atoms with Crippen LogP contribution in [0.15, 0.2) is 51.8 Å². The first-order chi connectivity index (χ1) is 7.75. The van der Waals surface area contributed by atoms with Gasteiger partial charge in [-0.15, -0.1) is 0 Å². The van der Waals surface area contributed by atoms with Gasteiger partial charge in [-0.1, -0.05) is 18.2 Å². The molecule has 1 N–H and O–H groups in total. The van der Waals surface area contributed by atoms with Gasteiger partial charge in [-0.25, -0.2) is 4.21 Å². The van der Waals surface area contributed by atoms with Gasteiger partial charge in [0.15, 0.2) is 11.1 Å². The second-order valence-corrected chi connectivity index (χ2v) is 4.48. The molecule has 3 rings (SSSR count). The summed E-state index contributed by atoms with van der Waals surface area (Å²) in [6.07, 6.45) is 0. The third-order valence-corrected chi connectivity index (χ3v) is 3.21. The van der Waals surface area contributed by atoms with Crippen LogP contribution in [-0.2, 0) is 11.1 Å². The zero-order chi connectivity index (χ0) is 11.1. The van der Waals surface area contributed by atoms with Gasteiger partial charge in [0.2, 0.25) is 0 Å². The second-order valence-electron chi connectivity index (χ2n) is 3.51. The van der Waals surface area contributed by atoms with Gasteiger partial charge in [-0.2, -0.15) is 0 Å². The van der Waals surface area contributed by atoms with Crippen LogP contribution >= 0.6 is 0 Å². The summed E-state index contributed by atoms with van der Waals surface area (Å²) >= 11 is -1.97.